The Labute approximate surface area is 134 Å². The van der Waals surface area contributed by atoms with Gasteiger partial charge in [-0.2, -0.15) is 0 Å². The largest absolute Gasteiger partial charge is 0.392 e. The van der Waals surface area contributed by atoms with Crippen molar-refractivity contribution in [2.75, 3.05) is 6.54 Å². The molecule has 0 aromatic heterocycles. The standard InChI is InChI=1S/C17H30N2OS/c1-2-14-10-6-5-9-13-19(14)16(20)17(15(18)21)11-7-3-4-8-12-17/h14H,2-13H2,1H3,(H2,18,21). The average molecular weight is 311 g/mol. The zero-order chi connectivity index (χ0) is 15.3. The van der Waals surface area contributed by atoms with Crippen molar-refractivity contribution in [3.63, 3.8) is 0 Å². The molecule has 1 saturated heterocycles. The van der Waals surface area contributed by atoms with Crippen molar-refractivity contribution in [3.05, 3.63) is 0 Å². The van der Waals surface area contributed by atoms with Gasteiger partial charge in [0.05, 0.1) is 10.4 Å². The molecular formula is C17H30N2OS. The molecule has 2 aliphatic rings. The fourth-order valence-corrected chi connectivity index (χ4v) is 4.33. The number of carbonyl (C=O) groups is 1. The molecule has 1 heterocycles. The van der Waals surface area contributed by atoms with Gasteiger partial charge in [0.2, 0.25) is 5.91 Å². The van der Waals surface area contributed by atoms with Crippen LogP contribution in [0.4, 0.5) is 0 Å². The first-order valence-corrected chi connectivity index (χ1v) is 9.13. The maximum Gasteiger partial charge on any atom is 0.235 e. The minimum atomic E-state index is -0.552. The minimum Gasteiger partial charge on any atom is -0.392 e. The van der Waals surface area contributed by atoms with Crippen molar-refractivity contribution in [1.29, 1.82) is 0 Å². The van der Waals surface area contributed by atoms with Gasteiger partial charge in [-0.15, -0.1) is 0 Å². The summed E-state index contributed by atoms with van der Waals surface area (Å²) in [4.78, 5) is 15.9. The number of nitrogens with two attached hydrogens (primary N) is 1. The van der Waals surface area contributed by atoms with E-state index in [1.807, 2.05) is 0 Å². The van der Waals surface area contributed by atoms with Gasteiger partial charge < -0.3 is 10.6 Å². The van der Waals surface area contributed by atoms with Gasteiger partial charge in [-0.05, 0) is 32.1 Å². The first kappa shape index (κ1) is 16.7. The van der Waals surface area contributed by atoms with Crippen molar-refractivity contribution in [3.8, 4) is 0 Å². The van der Waals surface area contributed by atoms with Crippen LogP contribution in [0.2, 0.25) is 0 Å². The molecule has 3 nitrogen and oxygen atoms in total. The number of hydrogen-bond acceptors (Lipinski definition) is 2. The number of rotatable bonds is 3. The van der Waals surface area contributed by atoms with E-state index >= 15 is 0 Å². The molecule has 1 aliphatic carbocycles. The molecule has 0 bridgehead atoms. The van der Waals surface area contributed by atoms with Crippen LogP contribution in [0, 0.1) is 5.41 Å². The molecule has 2 N–H and O–H groups in total. The lowest BCUT2D eigenvalue weighted by Crippen LogP contribution is -2.53. The highest BCUT2D eigenvalue weighted by molar-refractivity contribution is 7.80. The monoisotopic (exact) mass is 310 g/mol. The summed E-state index contributed by atoms with van der Waals surface area (Å²) in [7, 11) is 0. The van der Waals surface area contributed by atoms with E-state index in [0.29, 0.717) is 11.0 Å². The molecule has 2 rings (SSSR count). The molecule has 21 heavy (non-hydrogen) atoms. The Morgan fingerprint density at radius 1 is 1.14 bits per heavy atom. The smallest absolute Gasteiger partial charge is 0.235 e. The topological polar surface area (TPSA) is 46.3 Å². The first-order chi connectivity index (χ1) is 10.1. The van der Waals surface area contributed by atoms with Crippen LogP contribution in [-0.4, -0.2) is 28.4 Å². The number of nitrogens with zero attached hydrogens (tertiary/aromatic N) is 1. The van der Waals surface area contributed by atoms with Crippen molar-refractivity contribution in [1.82, 2.24) is 4.90 Å². The summed E-state index contributed by atoms with van der Waals surface area (Å²) >= 11 is 5.37. The van der Waals surface area contributed by atoms with Gasteiger partial charge >= 0.3 is 0 Å². The van der Waals surface area contributed by atoms with Crippen LogP contribution in [0.25, 0.3) is 0 Å². The highest BCUT2D eigenvalue weighted by atomic mass is 32.1. The molecule has 0 aromatic carbocycles. The molecule has 0 aromatic rings. The third-order valence-electron chi connectivity index (χ3n) is 5.45. The molecule has 1 amide bonds. The lowest BCUT2D eigenvalue weighted by Gasteiger charge is -2.39. The normalized spacial score (nSPS) is 26.7. The highest BCUT2D eigenvalue weighted by Gasteiger charge is 2.45. The zero-order valence-electron chi connectivity index (χ0n) is 13.4. The first-order valence-electron chi connectivity index (χ1n) is 8.73. The average Bonchev–Trinajstić information content (AvgIpc) is 2.87. The van der Waals surface area contributed by atoms with Crippen molar-refractivity contribution in [2.45, 2.75) is 83.6 Å². The number of likely N-dealkylation sites (tertiary alicyclic amines) is 1. The molecule has 1 unspecified atom stereocenters. The van der Waals surface area contributed by atoms with Gasteiger partial charge in [-0.1, -0.05) is 57.7 Å². The number of thiocarbonyl (C=S) groups is 1. The fourth-order valence-electron chi connectivity index (χ4n) is 4.04. The lowest BCUT2D eigenvalue weighted by molar-refractivity contribution is -0.141. The van der Waals surface area contributed by atoms with Crippen LogP contribution in [0.1, 0.15) is 77.6 Å². The molecule has 1 saturated carbocycles. The fraction of sp³-hybridized carbons (Fsp3) is 0.882. The van der Waals surface area contributed by atoms with Crippen LogP contribution < -0.4 is 5.73 Å². The Balaban J connectivity index is 2.25. The molecule has 4 heteroatoms. The molecular weight excluding hydrogens is 280 g/mol. The van der Waals surface area contributed by atoms with Gasteiger partial charge in [0.15, 0.2) is 0 Å². The molecule has 0 spiro atoms. The van der Waals surface area contributed by atoms with Crippen molar-refractivity contribution in [2.24, 2.45) is 11.1 Å². The summed E-state index contributed by atoms with van der Waals surface area (Å²) in [6.45, 7) is 3.08. The maximum atomic E-state index is 13.3. The Kier molecular flexibility index (Phi) is 6.03. The predicted molar refractivity (Wildman–Crippen MR) is 91.2 cm³/mol. The SMILES string of the molecule is CCC1CCCCCN1C(=O)C1(C(N)=S)CCCCCC1. The maximum absolute atomic E-state index is 13.3. The van der Waals surface area contributed by atoms with E-state index in [1.54, 1.807) is 0 Å². The summed E-state index contributed by atoms with van der Waals surface area (Å²) < 4.78 is 0. The second-order valence-electron chi connectivity index (χ2n) is 6.77. The van der Waals surface area contributed by atoms with E-state index < -0.39 is 5.41 Å². The summed E-state index contributed by atoms with van der Waals surface area (Å²) in [6, 6.07) is 0.384. The van der Waals surface area contributed by atoms with E-state index in [9.17, 15) is 4.79 Å². The van der Waals surface area contributed by atoms with Gasteiger partial charge in [0.1, 0.15) is 0 Å². The van der Waals surface area contributed by atoms with Crippen molar-refractivity contribution < 1.29 is 4.79 Å². The van der Waals surface area contributed by atoms with E-state index in [1.165, 1.54) is 25.7 Å². The Hall–Kier alpha value is -0.640. The molecule has 120 valence electrons. The second-order valence-corrected chi connectivity index (χ2v) is 7.21. The summed E-state index contributed by atoms with van der Waals surface area (Å²) in [5.74, 6) is 0.241. The highest BCUT2D eigenvalue weighted by Crippen LogP contribution is 2.38. The van der Waals surface area contributed by atoms with Crippen LogP contribution in [-0.2, 0) is 4.79 Å². The van der Waals surface area contributed by atoms with E-state index in [4.69, 9.17) is 18.0 Å². The van der Waals surface area contributed by atoms with Gasteiger partial charge in [-0.25, -0.2) is 0 Å². The quantitative estimate of drug-likeness (QED) is 0.637. The summed E-state index contributed by atoms with van der Waals surface area (Å²) in [6.07, 6.45) is 12.0. The van der Waals surface area contributed by atoms with Crippen LogP contribution in [0.3, 0.4) is 0 Å². The Bertz CT molecular complexity index is 375. The van der Waals surface area contributed by atoms with Crippen LogP contribution in [0.5, 0.6) is 0 Å². The van der Waals surface area contributed by atoms with Crippen LogP contribution >= 0.6 is 12.2 Å². The number of carbonyl (C=O) groups excluding carboxylic acids is 1. The van der Waals surface area contributed by atoms with Gasteiger partial charge in [0.25, 0.3) is 0 Å². The lowest BCUT2D eigenvalue weighted by atomic mass is 9.78. The number of amides is 1. The van der Waals surface area contributed by atoms with E-state index in [2.05, 4.69) is 11.8 Å². The van der Waals surface area contributed by atoms with E-state index in [0.717, 1.165) is 51.5 Å². The Morgan fingerprint density at radius 3 is 2.33 bits per heavy atom. The third kappa shape index (κ3) is 3.58. The summed E-state index contributed by atoms with van der Waals surface area (Å²) in [5.41, 5.74) is 5.54. The van der Waals surface area contributed by atoms with Gasteiger partial charge in [0, 0.05) is 12.6 Å². The third-order valence-corrected chi connectivity index (χ3v) is 5.84. The number of hydrogen-bond donors (Lipinski definition) is 1. The zero-order valence-corrected chi connectivity index (χ0v) is 14.2. The molecule has 1 atom stereocenters. The molecule has 2 fully saturated rings. The van der Waals surface area contributed by atoms with E-state index in [-0.39, 0.29) is 5.91 Å². The van der Waals surface area contributed by atoms with Crippen molar-refractivity contribution >= 4 is 23.1 Å². The predicted octanol–water partition coefficient (Wildman–Crippen LogP) is 3.79. The summed E-state index contributed by atoms with van der Waals surface area (Å²) in [5, 5.41) is 0. The Morgan fingerprint density at radius 2 is 1.76 bits per heavy atom. The minimum absolute atomic E-state index is 0.241. The van der Waals surface area contributed by atoms with Crippen LogP contribution in [0.15, 0.2) is 0 Å². The van der Waals surface area contributed by atoms with Gasteiger partial charge in [-0.3, -0.25) is 4.79 Å². The molecule has 0 radical (unpaired) electrons. The second kappa shape index (κ2) is 7.57. The molecule has 1 aliphatic heterocycles.